The number of halogens is 1. The highest BCUT2D eigenvalue weighted by molar-refractivity contribution is 5.99. The number of rotatable bonds is 5. The van der Waals surface area contributed by atoms with Crippen LogP contribution in [0.1, 0.15) is 27.8 Å². The summed E-state index contributed by atoms with van der Waals surface area (Å²) in [5, 5.41) is 3.37. The number of carbonyl (C=O) groups is 1. The van der Waals surface area contributed by atoms with E-state index in [0.717, 1.165) is 11.3 Å². The van der Waals surface area contributed by atoms with E-state index in [2.05, 4.69) is 10.3 Å². The fourth-order valence-electron chi connectivity index (χ4n) is 3.24. The first-order chi connectivity index (χ1) is 13.2. The Kier molecular flexibility index (Phi) is 4.46. The number of nitrogens with zero attached hydrogens (tertiary/aromatic N) is 2. The zero-order valence-corrected chi connectivity index (χ0v) is 14.7. The van der Waals surface area contributed by atoms with Crippen LogP contribution in [0.5, 0.6) is 5.75 Å². The zero-order valence-electron chi connectivity index (χ0n) is 14.7. The van der Waals surface area contributed by atoms with Crippen LogP contribution in [0.15, 0.2) is 66.9 Å². The van der Waals surface area contributed by atoms with Gasteiger partial charge in [0, 0.05) is 12.7 Å². The number of methoxy groups -OCH3 is 1. The number of fused-ring (bicyclic) bond motifs is 1. The lowest BCUT2D eigenvalue weighted by atomic mass is 10.2. The molecular weight excluding hydrogens is 345 g/mol. The molecule has 0 saturated heterocycles. The van der Waals surface area contributed by atoms with Crippen molar-refractivity contribution in [2.75, 3.05) is 12.4 Å². The number of hydrogen-bond acceptors (Lipinski definition) is 4. The highest BCUT2D eigenvalue weighted by Crippen LogP contribution is 2.36. The molecule has 1 atom stereocenters. The summed E-state index contributed by atoms with van der Waals surface area (Å²) in [6, 6.07) is 17.2. The zero-order chi connectivity index (χ0) is 18.8. The number of hydrogen-bond donors (Lipinski definition) is 1. The summed E-state index contributed by atoms with van der Waals surface area (Å²) >= 11 is 0. The standard InChI is InChI=1S/C21H18FN3O2/c1-27-18-7-3-2-6-17(18)24-20-19-16(5-4-12-23-19)21(26)25(20)13-14-8-10-15(22)11-9-14/h2-12,20,24H,13H2,1H3/t20-/m0/s1. The monoisotopic (exact) mass is 363 g/mol. The van der Waals surface area contributed by atoms with Gasteiger partial charge < -0.3 is 15.0 Å². The molecule has 0 bridgehead atoms. The van der Waals surface area contributed by atoms with Crippen LogP contribution < -0.4 is 10.1 Å². The normalized spacial score (nSPS) is 15.6. The Morgan fingerprint density at radius 3 is 2.67 bits per heavy atom. The Labute approximate surface area is 156 Å². The van der Waals surface area contributed by atoms with Gasteiger partial charge in [-0.05, 0) is 42.0 Å². The lowest BCUT2D eigenvalue weighted by Gasteiger charge is -2.27. The van der Waals surface area contributed by atoms with Crippen molar-refractivity contribution < 1.29 is 13.9 Å². The number of amides is 1. The first kappa shape index (κ1) is 17.0. The first-order valence-electron chi connectivity index (χ1n) is 8.57. The molecule has 0 aliphatic carbocycles. The van der Waals surface area contributed by atoms with Gasteiger partial charge in [-0.3, -0.25) is 9.78 Å². The number of benzene rings is 2. The molecule has 2 heterocycles. The van der Waals surface area contributed by atoms with Crippen LogP contribution in [0.2, 0.25) is 0 Å². The molecule has 2 aromatic carbocycles. The number of carbonyl (C=O) groups excluding carboxylic acids is 1. The second kappa shape index (κ2) is 7.07. The van der Waals surface area contributed by atoms with E-state index in [0.29, 0.717) is 23.6 Å². The maximum atomic E-state index is 13.2. The van der Waals surface area contributed by atoms with Gasteiger partial charge in [0.1, 0.15) is 17.7 Å². The van der Waals surface area contributed by atoms with Crippen molar-refractivity contribution in [2.45, 2.75) is 12.7 Å². The molecule has 27 heavy (non-hydrogen) atoms. The quantitative estimate of drug-likeness (QED) is 0.745. The number of aromatic nitrogens is 1. The average molecular weight is 363 g/mol. The maximum absolute atomic E-state index is 13.2. The maximum Gasteiger partial charge on any atom is 0.258 e. The second-order valence-electron chi connectivity index (χ2n) is 6.24. The second-order valence-corrected chi connectivity index (χ2v) is 6.24. The molecule has 0 fully saturated rings. The van der Waals surface area contributed by atoms with Crippen molar-refractivity contribution in [1.29, 1.82) is 0 Å². The molecule has 136 valence electrons. The minimum atomic E-state index is -0.449. The molecule has 4 rings (SSSR count). The summed E-state index contributed by atoms with van der Waals surface area (Å²) in [5.41, 5.74) is 2.83. The molecule has 0 saturated carbocycles. The topological polar surface area (TPSA) is 54.5 Å². The molecule has 0 unspecified atom stereocenters. The van der Waals surface area contributed by atoms with Crippen LogP contribution in [0, 0.1) is 5.82 Å². The SMILES string of the molecule is COc1ccccc1N[C@@H]1c2ncccc2C(=O)N1Cc1ccc(F)cc1. The van der Waals surface area contributed by atoms with Crippen molar-refractivity contribution in [3.05, 3.63) is 89.5 Å². The lowest BCUT2D eigenvalue weighted by molar-refractivity contribution is 0.0727. The summed E-state index contributed by atoms with van der Waals surface area (Å²) in [4.78, 5) is 19.1. The van der Waals surface area contributed by atoms with Gasteiger partial charge in [-0.2, -0.15) is 0 Å². The summed E-state index contributed by atoms with van der Waals surface area (Å²) in [6.07, 6.45) is 1.22. The van der Waals surface area contributed by atoms with Gasteiger partial charge in [-0.1, -0.05) is 24.3 Å². The molecular formula is C21H18FN3O2. The van der Waals surface area contributed by atoms with Crippen molar-refractivity contribution in [3.8, 4) is 5.75 Å². The van der Waals surface area contributed by atoms with E-state index in [1.807, 2.05) is 24.3 Å². The number of para-hydroxylation sites is 2. The Bertz CT molecular complexity index is 975. The summed E-state index contributed by atoms with van der Waals surface area (Å²) < 4.78 is 18.6. The van der Waals surface area contributed by atoms with Crippen LogP contribution in [0.3, 0.4) is 0 Å². The molecule has 6 heteroatoms. The molecule has 1 N–H and O–H groups in total. The Morgan fingerprint density at radius 1 is 1.11 bits per heavy atom. The molecule has 1 aliphatic rings. The fraction of sp³-hybridized carbons (Fsp3) is 0.143. The van der Waals surface area contributed by atoms with Crippen molar-refractivity contribution in [2.24, 2.45) is 0 Å². The summed E-state index contributed by atoms with van der Waals surface area (Å²) in [7, 11) is 1.60. The Balaban J connectivity index is 1.70. The third-order valence-corrected chi connectivity index (χ3v) is 4.57. The molecule has 1 aliphatic heterocycles. The predicted molar refractivity (Wildman–Crippen MR) is 99.9 cm³/mol. The predicted octanol–water partition coefficient (Wildman–Crippen LogP) is 4.00. The molecule has 3 aromatic rings. The van der Waals surface area contributed by atoms with Crippen LogP contribution in [0.4, 0.5) is 10.1 Å². The van der Waals surface area contributed by atoms with E-state index in [-0.39, 0.29) is 11.7 Å². The third-order valence-electron chi connectivity index (χ3n) is 4.57. The van der Waals surface area contributed by atoms with Gasteiger partial charge in [-0.15, -0.1) is 0 Å². The minimum Gasteiger partial charge on any atom is -0.495 e. The third kappa shape index (κ3) is 3.21. The van der Waals surface area contributed by atoms with Crippen LogP contribution in [-0.2, 0) is 6.54 Å². The van der Waals surface area contributed by atoms with E-state index in [9.17, 15) is 9.18 Å². The number of anilines is 1. The molecule has 1 amide bonds. The van der Waals surface area contributed by atoms with Crippen LogP contribution in [-0.4, -0.2) is 22.9 Å². The van der Waals surface area contributed by atoms with Gasteiger partial charge in [0.05, 0.1) is 24.1 Å². The van der Waals surface area contributed by atoms with Crippen molar-refractivity contribution in [3.63, 3.8) is 0 Å². The van der Waals surface area contributed by atoms with Gasteiger partial charge in [0.2, 0.25) is 0 Å². The van der Waals surface area contributed by atoms with Gasteiger partial charge in [0.25, 0.3) is 5.91 Å². The smallest absolute Gasteiger partial charge is 0.258 e. The number of pyridine rings is 1. The molecule has 1 aromatic heterocycles. The highest BCUT2D eigenvalue weighted by Gasteiger charge is 2.38. The largest absolute Gasteiger partial charge is 0.495 e. The molecule has 5 nitrogen and oxygen atoms in total. The Hall–Kier alpha value is -3.41. The van der Waals surface area contributed by atoms with Gasteiger partial charge in [-0.25, -0.2) is 4.39 Å². The van der Waals surface area contributed by atoms with E-state index < -0.39 is 6.17 Å². The molecule has 0 spiro atoms. The van der Waals surface area contributed by atoms with Gasteiger partial charge in [0.15, 0.2) is 0 Å². The summed E-state index contributed by atoms with van der Waals surface area (Å²) in [6.45, 7) is 0.336. The fourth-order valence-corrected chi connectivity index (χ4v) is 3.24. The van der Waals surface area contributed by atoms with Crippen molar-refractivity contribution >= 4 is 11.6 Å². The van der Waals surface area contributed by atoms with E-state index in [1.165, 1.54) is 12.1 Å². The van der Waals surface area contributed by atoms with Crippen LogP contribution in [0.25, 0.3) is 0 Å². The Morgan fingerprint density at radius 2 is 1.89 bits per heavy atom. The first-order valence-corrected chi connectivity index (χ1v) is 8.57. The number of nitrogens with one attached hydrogen (secondary N) is 1. The number of ether oxygens (including phenoxy) is 1. The van der Waals surface area contributed by atoms with Crippen molar-refractivity contribution in [1.82, 2.24) is 9.88 Å². The summed E-state index contributed by atoms with van der Waals surface area (Å²) in [5.74, 6) is 0.256. The lowest BCUT2D eigenvalue weighted by Crippen LogP contribution is -2.32. The van der Waals surface area contributed by atoms with E-state index >= 15 is 0 Å². The molecule has 0 radical (unpaired) electrons. The van der Waals surface area contributed by atoms with E-state index in [1.54, 1.807) is 42.5 Å². The van der Waals surface area contributed by atoms with E-state index in [4.69, 9.17) is 4.74 Å². The average Bonchev–Trinajstić information content (AvgIpc) is 2.96. The van der Waals surface area contributed by atoms with Gasteiger partial charge >= 0.3 is 0 Å². The highest BCUT2D eigenvalue weighted by atomic mass is 19.1. The minimum absolute atomic E-state index is 0.116. The van der Waals surface area contributed by atoms with Crippen LogP contribution >= 0.6 is 0 Å².